The number of hydrogen-bond donors (Lipinski definition) is 1. The first-order valence-electron chi connectivity index (χ1n) is 12.9. The van der Waals surface area contributed by atoms with Crippen LogP contribution in [0.5, 0.6) is 5.75 Å². The fourth-order valence-electron chi connectivity index (χ4n) is 5.01. The van der Waals surface area contributed by atoms with Crippen LogP contribution in [0.25, 0.3) is 11.4 Å². The SMILES string of the molecule is CCOC(=O)c1c(NC(=O)C2CCN(Cc3nc(-c4ccc(OC)cc4)no3)CC2)sc2c1CCCC2. The molecule has 0 saturated carbocycles. The molecule has 1 N–H and O–H groups in total. The lowest BCUT2D eigenvalue weighted by Gasteiger charge is -2.30. The number of anilines is 1. The van der Waals surface area contributed by atoms with Crippen LogP contribution in [-0.4, -0.2) is 53.7 Å². The van der Waals surface area contributed by atoms with Crippen LogP contribution in [0.3, 0.4) is 0 Å². The molecule has 9 nitrogen and oxygen atoms in total. The summed E-state index contributed by atoms with van der Waals surface area (Å²) >= 11 is 1.54. The third kappa shape index (κ3) is 5.70. The van der Waals surface area contributed by atoms with Gasteiger partial charge in [0.2, 0.25) is 17.6 Å². The maximum absolute atomic E-state index is 13.2. The molecule has 1 aromatic carbocycles. The Bertz CT molecular complexity index is 1240. The zero-order chi connectivity index (χ0) is 25.8. The molecule has 196 valence electrons. The van der Waals surface area contributed by atoms with Gasteiger partial charge < -0.3 is 19.3 Å². The standard InChI is InChI=1S/C27H32N4O5S/c1-3-35-27(33)23-20-6-4-5-7-21(20)37-26(23)29-25(32)18-12-14-31(15-13-18)16-22-28-24(30-36-22)17-8-10-19(34-2)11-9-17/h8-11,18H,3-7,12-16H2,1-2H3,(H,29,32). The second-order valence-electron chi connectivity index (χ2n) is 9.42. The van der Waals surface area contributed by atoms with Gasteiger partial charge in [-0.1, -0.05) is 5.16 Å². The molecule has 2 aliphatic rings. The van der Waals surface area contributed by atoms with Gasteiger partial charge in [0.25, 0.3) is 0 Å². The summed E-state index contributed by atoms with van der Waals surface area (Å²) in [5.74, 6) is 1.40. The van der Waals surface area contributed by atoms with Crippen molar-refractivity contribution in [3.8, 4) is 17.1 Å². The minimum Gasteiger partial charge on any atom is -0.497 e. The first-order chi connectivity index (χ1) is 18.1. The predicted molar refractivity (Wildman–Crippen MR) is 140 cm³/mol. The number of likely N-dealkylation sites (tertiary alicyclic amines) is 1. The number of amides is 1. The molecule has 37 heavy (non-hydrogen) atoms. The summed E-state index contributed by atoms with van der Waals surface area (Å²) in [4.78, 5) is 33.8. The van der Waals surface area contributed by atoms with Crippen molar-refractivity contribution in [1.29, 1.82) is 0 Å². The smallest absolute Gasteiger partial charge is 0.341 e. The third-order valence-corrected chi connectivity index (χ3v) is 8.23. The molecule has 1 amide bonds. The van der Waals surface area contributed by atoms with E-state index in [0.29, 0.717) is 35.4 Å². The summed E-state index contributed by atoms with van der Waals surface area (Å²) in [6.45, 7) is 4.17. The molecule has 0 unspecified atom stereocenters. The third-order valence-electron chi connectivity index (χ3n) is 7.02. The number of carbonyl (C=O) groups excluding carboxylic acids is 2. The van der Waals surface area contributed by atoms with Crippen molar-refractivity contribution in [3.05, 3.63) is 46.2 Å². The molecule has 1 fully saturated rings. The fourth-order valence-corrected chi connectivity index (χ4v) is 6.29. The first kappa shape index (κ1) is 25.4. The summed E-state index contributed by atoms with van der Waals surface area (Å²) in [7, 11) is 1.63. The number of nitrogens with one attached hydrogen (secondary N) is 1. The highest BCUT2D eigenvalue weighted by Gasteiger charge is 2.30. The molecule has 0 spiro atoms. The van der Waals surface area contributed by atoms with Gasteiger partial charge in [-0.2, -0.15) is 4.98 Å². The summed E-state index contributed by atoms with van der Waals surface area (Å²) < 4.78 is 16.0. The van der Waals surface area contributed by atoms with E-state index >= 15 is 0 Å². The largest absolute Gasteiger partial charge is 0.497 e. The van der Waals surface area contributed by atoms with E-state index in [1.807, 2.05) is 24.3 Å². The van der Waals surface area contributed by atoms with E-state index in [1.54, 1.807) is 14.0 Å². The van der Waals surface area contributed by atoms with Crippen molar-refractivity contribution in [2.24, 2.45) is 5.92 Å². The monoisotopic (exact) mass is 524 g/mol. The lowest BCUT2D eigenvalue weighted by molar-refractivity contribution is -0.121. The average Bonchev–Trinajstić information content (AvgIpc) is 3.53. The number of thiophene rings is 1. The number of fused-ring (bicyclic) bond motifs is 1. The highest BCUT2D eigenvalue weighted by molar-refractivity contribution is 7.17. The Morgan fingerprint density at radius 2 is 1.92 bits per heavy atom. The number of benzene rings is 1. The van der Waals surface area contributed by atoms with Crippen molar-refractivity contribution in [2.75, 3.05) is 32.1 Å². The van der Waals surface area contributed by atoms with Gasteiger partial charge in [-0.3, -0.25) is 9.69 Å². The van der Waals surface area contributed by atoms with Crippen molar-refractivity contribution in [1.82, 2.24) is 15.0 Å². The van der Waals surface area contributed by atoms with Crippen LogP contribution >= 0.6 is 11.3 Å². The molecule has 1 saturated heterocycles. The van der Waals surface area contributed by atoms with E-state index in [-0.39, 0.29) is 17.8 Å². The van der Waals surface area contributed by atoms with Crippen LogP contribution in [0.1, 0.15) is 59.3 Å². The summed E-state index contributed by atoms with van der Waals surface area (Å²) in [5.41, 5.74) is 2.49. The normalized spacial score (nSPS) is 16.3. The van der Waals surface area contributed by atoms with Gasteiger partial charge in [0.1, 0.15) is 10.8 Å². The van der Waals surface area contributed by atoms with Gasteiger partial charge in [-0.05, 0) is 88.4 Å². The highest BCUT2D eigenvalue weighted by atomic mass is 32.1. The van der Waals surface area contributed by atoms with Crippen LogP contribution in [0.4, 0.5) is 5.00 Å². The van der Waals surface area contributed by atoms with E-state index in [1.165, 1.54) is 16.2 Å². The van der Waals surface area contributed by atoms with Crippen LogP contribution in [0.2, 0.25) is 0 Å². The number of carbonyl (C=O) groups is 2. The van der Waals surface area contributed by atoms with Gasteiger partial charge >= 0.3 is 5.97 Å². The van der Waals surface area contributed by atoms with E-state index in [4.69, 9.17) is 14.0 Å². The van der Waals surface area contributed by atoms with E-state index in [0.717, 1.165) is 68.5 Å². The number of esters is 1. The zero-order valence-corrected chi connectivity index (χ0v) is 22.1. The quantitative estimate of drug-likeness (QED) is 0.422. The van der Waals surface area contributed by atoms with E-state index < -0.39 is 0 Å². The van der Waals surface area contributed by atoms with Crippen LogP contribution in [0.15, 0.2) is 28.8 Å². The Balaban J connectivity index is 1.17. The minimum absolute atomic E-state index is 0.0247. The Morgan fingerprint density at radius 1 is 1.16 bits per heavy atom. The fraction of sp³-hybridized carbons (Fsp3) is 0.481. The molecule has 1 aliphatic heterocycles. The number of piperidine rings is 1. The van der Waals surface area contributed by atoms with Crippen LogP contribution in [0, 0.1) is 5.92 Å². The number of ether oxygens (including phenoxy) is 2. The van der Waals surface area contributed by atoms with Gasteiger partial charge in [0, 0.05) is 16.4 Å². The minimum atomic E-state index is -0.333. The van der Waals surface area contributed by atoms with Gasteiger partial charge in [-0.25, -0.2) is 4.79 Å². The predicted octanol–water partition coefficient (Wildman–Crippen LogP) is 4.71. The maximum atomic E-state index is 13.2. The van der Waals surface area contributed by atoms with E-state index in [9.17, 15) is 9.59 Å². The molecule has 1 aliphatic carbocycles. The summed E-state index contributed by atoms with van der Waals surface area (Å²) in [6, 6.07) is 7.52. The molecule has 0 atom stereocenters. The Morgan fingerprint density at radius 3 is 2.65 bits per heavy atom. The summed E-state index contributed by atoms with van der Waals surface area (Å²) in [5, 5.41) is 7.84. The number of nitrogens with zero attached hydrogens (tertiary/aromatic N) is 3. The number of aromatic nitrogens is 2. The topological polar surface area (TPSA) is 107 Å². The second-order valence-corrected chi connectivity index (χ2v) is 10.5. The number of hydrogen-bond acceptors (Lipinski definition) is 9. The Kier molecular flexibility index (Phi) is 7.85. The molecule has 3 aromatic rings. The lowest BCUT2D eigenvalue weighted by atomic mass is 9.94. The lowest BCUT2D eigenvalue weighted by Crippen LogP contribution is -2.37. The number of rotatable bonds is 8. The molecule has 0 radical (unpaired) electrons. The van der Waals surface area contributed by atoms with Crippen molar-refractivity contribution in [3.63, 3.8) is 0 Å². The highest BCUT2D eigenvalue weighted by Crippen LogP contribution is 2.39. The summed E-state index contributed by atoms with van der Waals surface area (Å²) in [6.07, 6.45) is 5.45. The molecule has 10 heteroatoms. The number of methoxy groups -OCH3 is 1. The van der Waals surface area contributed by atoms with Crippen LogP contribution < -0.4 is 10.1 Å². The van der Waals surface area contributed by atoms with Crippen molar-refractivity contribution < 1.29 is 23.6 Å². The second kappa shape index (κ2) is 11.4. The first-order valence-corrected chi connectivity index (χ1v) is 13.7. The van der Waals surface area contributed by atoms with Crippen molar-refractivity contribution in [2.45, 2.75) is 52.0 Å². The van der Waals surface area contributed by atoms with Gasteiger partial charge in [0.05, 0.1) is 25.8 Å². The molecule has 5 rings (SSSR count). The maximum Gasteiger partial charge on any atom is 0.341 e. The Hall–Kier alpha value is -3.24. The molecular formula is C27H32N4O5S. The average molecular weight is 525 g/mol. The molecular weight excluding hydrogens is 492 g/mol. The van der Waals surface area contributed by atoms with Gasteiger partial charge in [0.15, 0.2) is 0 Å². The number of aryl methyl sites for hydroxylation is 1. The van der Waals surface area contributed by atoms with E-state index in [2.05, 4.69) is 20.4 Å². The Labute approximate surface area is 220 Å². The van der Waals surface area contributed by atoms with Crippen molar-refractivity contribution >= 4 is 28.2 Å². The zero-order valence-electron chi connectivity index (χ0n) is 21.2. The molecule has 0 bridgehead atoms. The van der Waals surface area contributed by atoms with Gasteiger partial charge in [-0.15, -0.1) is 11.3 Å². The molecule has 2 aromatic heterocycles. The van der Waals surface area contributed by atoms with Crippen LogP contribution in [-0.2, 0) is 28.9 Å². The molecule has 3 heterocycles.